The third-order valence-electron chi connectivity index (χ3n) is 4.65. The molecule has 0 spiro atoms. The van der Waals surface area contributed by atoms with Crippen LogP contribution in [0.1, 0.15) is 18.5 Å². The van der Waals surface area contributed by atoms with E-state index < -0.39 is 21.9 Å². The number of nitrogens with zero attached hydrogens (tertiary/aromatic N) is 1. The van der Waals surface area contributed by atoms with Crippen LogP contribution in [0.15, 0.2) is 77.7 Å². The molecule has 152 valence electrons. The summed E-state index contributed by atoms with van der Waals surface area (Å²) in [5.74, 6) is 0.455. The van der Waals surface area contributed by atoms with Crippen LogP contribution in [0.25, 0.3) is 0 Å². The van der Waals surface area contributed by atoms with Gasteiger partial charge in [-0.15, -0.1) is 0 Å². The van der Waals surface area contributed by atoms with Gasteiger partial charge in [-0.1, -0.05) is 24.3 Å². The number of hydrogen-bond donors (Lipinski definition) is 0. The molecule has 3 aromatic carbocycles. The van der Waals surface area contributed by atoms with E-state index in [9.17, 15) is 12.8 Å². The number of ether oxygens (including phenoxy) is 2. The van der Waals surface area contributed by atoms with Crippen molar-refractivity contribution in [1.29, 1.82) is 0 Å². The fourth-order valence-corrected chi connectivity index (χ4v) is 4.79. The summed E-state index contributed by atoms with van der Waals surface area (Å²) in [6, 6.07) is 18.5. The molecule has 7 heteroatoms. The van der Waals surface area contributed by atoms with Crippen LogP contribution >= 0.6 is 0 Å². The number of sulfonamides is 1. The van der Waals surface area contributed by atoms with Crippen molar-refractivity contribution in [1.82, 2.24) is 0 Å². The van der Waals surface area contributed by atoms with Crippen LogP contribution in [0.5, 0.6) is 11.5 Å². The first-order chi connectivity index (χ1) is 13.9. The number of rotatable bonds is 7. The summed E-state index contributed by atoms with van der Waals surface area (Å²) in [4.78, 5) is -0.379. The van der Waals surface area contributed by atoms with Crippen molar-refractivity contribution < 1.29 is 22.3 Å². The Morgan fingerprint density at radius 2 is 1.34 bits per heavy atom. The first-order valence-electron chi connectivity index (χ1n) is 8.95. The van der Waals surface area contributed by atoms with Crippen LogP contribution < -0.4 is 13.8 Å². The number of methoxy groups -OCH3 is 2. The van der Waals surface area contributed by atoms with Gasteiger partial charge in [-0.05, 0) is 61.0 Å². The zero-order valence-corrected chi connectivity index (χ0v) is 17.2. The van der Waals surface area contributed by atoms with Crippen molar-refractivity contribution in [3.63, 3.8) is 0 Å². The first-order valence-corrected chi connectivity index (χ1v) is 10.4. The summed E-state index contributed by atoms with van der Waals surface area (Å²) in [7, 11) is -1.09. The summed E-state index contributed by atoms with van der Waals surface area (Å²) in [6.07, 6.45) is 0. The minimum absolute atomic E-state index is 0.379. The minimum Gasteiger partial charge on any atom is -0.497 e. The molecule has 0 aliphatic carbocycles. The molecule has 0 radical (unpaired) electrons. The van der Waals surface area contributed by atoms with E-state index >= 15 is 0 Å². The van der Waals surface area contributed by atoms with Crippen molar-refractivity contribution in [3.05, 3.63) is 84.2 Å². The Bertz CT molecular complexity index is 1070. The third-order valence-corrected chi connectivity index (χ3v) is 6.58. The molecule has 0 bridgehead atoms. The monoisotopic (exact) mass is 415 g/mol. The maximum Gasteiger partial charge on any atom is 0.267 e. The SMILES string of the molecule is COc1ccc(C(C)N(c2ccc(OC)cc2)S(=O)(=O)c2ccccc2F)cc1. The Kier molecular flexibility index (Phi) is 6.08. The molecule has 0 aliphatic heterocycles. The quantitative estimate of drug-likeness (QED) is 0.556. The highest BCUT2D eigenvalue weighted by Gasteiger charge is 2.32. The Morgan fingerprint density at radius 3 is 1.86 bits per heavy atom. The van der Waals surface area contributed by atoms with E-state index in [1.807, 2.05) is 0 Å². The standard InChI is InChI=1S/C22H22FNO4S/c1-16(17-8-12-19(27-2)13-9-17)24(18-10-14-20(28-3)15-11-18)29(25,26)22-7-5-4-6-21(22)23/h4-16H,1-3H3. The van der Waals surface area contributed by atoms with E-state index in [2.05, 4.69) is 0 Å². The largest absolute Gasteiger partial charge is 0.497 e. The predicted octanol–water partition coefficient (Wildman–Crippen LogP) is 4.80. The van der Waals surface area contributed by atoms with Gasteiger partial charge in [-0.3, -0.25) is 4.31 Å². The second-order valence-electron chi connectivity index (χ2n) is 6.38. The van der Waals surface area contributed by atoms with Crippen molar-refractivity contribution in [3.8, 4) is 11.5 Å². The maximum atomic E-state index is 14.4. The van der Waals surface area contributed by atoms with Gasteiger partial charge in [-0.2, -0.15) is 0 Å². The van der Waals surface area contributed by atoms with Gasteiger partial charge in [-0.25, -0.2) is 12.8 Å². The van der Waals surface area contributed by atoms with Gasteiger partial charge in [0.05, 0.1) is 25.9 Å². The smallest absolute Gasteiger partial charge is 0.267 e. The van der Waals surface area contributed by atoms with E-state index in [1.165, 1.54) is 29.6 Å². The van der Waals surface area contributed by atoms with Crippen molar-refractivity contribution in [2.45, 2.75) is 17.9 Å². The summed E-state index contributed by atoms with van der Waals surface area (Å²) >= 11 is 0. The summed E-state index contributed by atoms with van der Waals surface area (Å²) < 4.78 is 52.9. The van der Waals surface area contributed by atoms with Crippen LogP contribution in [0.2, 0.25) is 0 Å². The molecule has 0 saturated heterocycles. The maximum absolute atomic E-state index is 14.4. The van der Waals surface area contributed by atoms with E-state index in [0.29, 0.717) is 17.2 Å². The Balaban J connectivity index is 2.13. The lowest BCUT2D eigenvalue weighted by atomic mass is 10.1. The number of hydrogen-bond acceptors (Lipinski definition) is 4. The van der Waals surface area contributed by atoms with E-state index in [1.54, 1.807) is 62.6 Å². The van der Waals surface area contributed by atoms with Crippen molar-refractivity contribution in [2.24, 2.45) is 0 Å². The lowest BCUT2D eigenvalue weighted by molar-refractivity contribution is 0.414. The van der Waals surface area contributed by atoms with Crippen LogP contribution in [0.3, 0.4) is 0 Å². The van der Waals surface area contributed by atoms with E-state index in [0.717, 1.165) is 11.6 Å². The second kappa shape index (κ2) is 8.53. The lowest BCUT2D eigenvalue weighted by Gasteiger charge is -2.31. The van der Waals surface area contributed by atoms with Gasteiger partial charge < -0.3 is 9.47 Å². The number of anilines is 1. The van der Waals surface area contributed by atoms with Crippen LogP contribution in [-0.4, -0.2) is 22.6 Å². The molecule has 0 aliphatic rings. The van der Waals surface area contributed by atoms with Gasteiger partial charge in [0.25, 0.3) is 10.0 Å². The lowest BCUT2D eigenvalue weighted by Crippen LogP contribution is -2.34. The Morgan fingerprint density at radius 1 is 0.828 bits per heavy atom. The van der Waals surface area contributed by atoms with Crippen LogP contribution in [0.4, 0.5) is 10.1 Å². The highest BCUT2D eigenvalue weighted by atomic mass is 32.2. The second-order valence-corrected chi connectivity index (χ2v) is 8.16. The molecule has 3 aromatic rings. The number of benzene rings is 3. The molecule has 5 nitrogen and oxygen atoms in total. The summed E-state index contributed by atoms with van der Waals surface area (Å²) in [5, 5.41) is 0. The topological polar surface area (TPSA) is 55.8 Å². The molecule has 0 amide bonds. The predicted molar refractivity (Wildman–Crippen MR) is 110 cm³/mol. The van der Waals surface area contributed by atoms with Crippen molar-refractivity contribution >= 4 is 15.7 Å². The molecule has 1 unspecified atom stereocenters. The Hall–Kier alpha value is -3.06. The molecule has 0 fully saturated rings. The Labute approximate surface area is 170 Å². The summed E-state index contributed by atoms with van der Waals surface area (Å²) in [5.41, 5.74) is 1.14. The molecular weight excluding hydrogens is 393 g/mol. The normalized spacial score (nSPS) is 12.3. The molecule has 0 heterocycles. The van der Waals surface area contributed by atoms with Gasteiger partial charge in [0, 0.05) is 0 Å². The fraction of sp³-hybridized carbons (Fsp3) is 0.182. The highest BCUT2D eigenvalue weighted by molar-refractivity contribution is 7.92. The third kappa shape index (κ3) is 4.19. The van der Waals surface area contributed by atoms with Gasteiger partial charge >= 0.3 is 0 Å². The van der Waals surface area contributed by atoms with Crippen molar-refractivity contribution in [2.75, 3.05) is 18.5 Å². The van der Waals surface area contributed by atoms with Gasteiger partial charge in [0.1, 0.15) is 22.2 Å². The van der Waals surface area contributed by atoms with Gasteiger partial charge in [0.15, 0.2) is 0 Å². The van der Waals surface area contributed by atoms with Gasteiger partial charge in [0.2, 0.25) is 0 Å². The average Bonchev–Trinajstić information content (AvgIpc) is 2.74. The molecule has 0 saturated carbocycles. The molecule has 29 heavy (non-hydrogen) atoms. The summed E-state index contributed by atoms with van der Waals surface area (Å²) in [6.45, 7) is 1.75. The molecule has 1 atom stereocenters. The minimum atomic E-state index is -4.18. The highest BCUT2D eigenvalue weighted by Crippen LogP contribution is 2.35. The average molecular weight is 415 g/mol. The zero-order chi connectivity index (χ0) is 21.0. The molecule has 0 N–H and O–H groups in total. The molecule has 0 aromatic heterocycles. The fourth-order valence-electron chi connectivity index (χ4n) is 3.08. The molecular formula is C22H22FNO4S. The first kappa shape index (κ1) is 20.7. The van der Waals surface area contributed by atoms with E-state index in [-0.39, 0.29) is 4.90 Å². The number of halogens is 1. The molecule has 3 rings (SSSR count). The van der Waals surface area contributed by atoms with Crippen LogP contribution in [0, 0.1) is 5.82 Å². The zero-order valence-electron chi connectivity index (χ0n) is 16.4. The van der Waals surface area contributed by atoms with E-state index in [4.69, 9.17) is 9.47 Å². The van der Waals surface area contributed by atoms with Crippen LogP contribution in [-0.2, 0) is 10.0 Å².